The largest absolute Gasteiger partial charge is 0.394 e. The van der Waals surface area contributed by atoms with Gasteiger partial charge in [-0.2, -0.15) is 0 Å². The molecule has 3 heterocycles. The third-order valence-electron chi connectivity index (χ3n) is 6.18. The van der Waals surface area contributed by atoms with E-state index >= 15 is 0 Å². The topological polar surface area (TPSA) is 269 Å². The minimum Gasteiger partial charge on any atom is -0.394 e. The van der Waals surface area contributed by atoms with E-state index < -0.39 is 112 Å². The number of rotatable bonds is 8. The standard InChI is InChI=1S/C18H32O16/c19-1-5-8(23)10(25)12(27)16(30-5)32-14-7(3-21)31-17(13(28)11(14)26)34-18(4-22)15(29)9(24)6(2-20)33-18/h5-17,19-29H,1-4H2/t5-,6-,7-,8+,9-,10+,11-,12-,13-,14-,15+,16-,17-,18+/m1/s1. The van der Waals surface area contributed by atoms with Gasteiger partial charge in [0.25, 0.3) is 0 Å². The van der Waals surface area contributed by atoms with Crippen LogP contribution in [0.4, 0.5) is 0 Å². The Hall–Kier alpha value is -0.640. The second-order valence-corrected chi connectivity index (χ2v) is 8.37. The smallest absolute Gasteiger partial charge is 0.224 e. The zero-order valence-electron chi connectivity index (χ0n) is 17.8. The summed E-state index contributed by atoms with van der Waals surface area (Å²) < 4.78 is 26.6. The molecule has 3 aliphatic heterocycles. The van der Waals surface area contributed by atoms with Crippen molar-refractivity contribution >= 4 is 0 Å². The summed E-state index contributed by atoms with van der Waals surface area (Å²) in [6.45, 7) is -3.39. The van der Waals surface area contributed by atoms with Crippen molar-refractivity contribution in [3.63, 3.8) is 0 Å². The van der Waals surface area contributed by atoms with Crippen LogP contribution in [0.2, 0.25) is 0 Å². The minimum absolute atomic E-state index is 0.742. The van der Waals surface area contributed by atoms with E-state index in [9.17, 15) is 56.2 Å². The molecule has 3 rings (SSSR count). The van der Waals surface area contributed by atoms with E-state index in [-0.39, 0.29) is 0 Å². The summed E-state index contributed by atoms with van der Waals surface area (Å²) in [6.07, 6.45) is -22.0. The van der Waals surface area contributed by atoms with E-state index in [4.69, 9.17) is 23.7 Å². The SMILES string of the molecule is OC[C@H]1O[C@H](O[C@H]2[C@H](O)[C@@H](O)[C@@H](O[C@]3(CO)O[C@H](CO)[C@@H](O)[C@@H]3O)O[C@@H]2CO)[C@H](O)[C@@H](O)[C@H]1O. The fourth-order valence-corrected chi connectivity index (χ4v) is 4.12. The quantitative estimate of drug-likeness (QED) is 0.146. The molecule has 0 aromatic rings. The van der Waals surface area contributed by atoms with Gasteiger partial charge in [-0.3, -0.25) is 0 Å². The molecule has 16 nitrogen and oxygen atoms in total. The fraction of sp³-hybridized carbons (Fsp3) is 1.00. The van der Waals surface area contributed by atoms with Crippen LogP contribution in [0.1, 0.15) is 0 Å². The number of ether oxygens (including phenoxy) is 5. The molecule has 14 atom stereocenters. The highest BCUT2D eigenvalue weighted by Crippen LogP contribution is 2.37. The van der Waals surface area contributed by atoms with Crippen LogP contribution < -0.4 is 0 Å². The lowest BCUT2D eigenvalue weighted by molar-refractivity contribution is -0.398. The molecule has 0 aliphatic carbocycles. The van der Waals surface area contributed by atoms with Crippen LogP contribution in [0.25, 0.3) is 0 Å². The van der Waals surface area contributed by atoms with Crippen LogP contribution in [0.5, 0.6) is 0 Å². The van der Waals surface area contributed by atoms with Crippen LogP contribution in [-0.4, -0.2) is 168 Å². The van der Waals surface area contributed by atoms with Crippen LogP contribution in [0.3, 0.4) is 0 Å². The van der Waals surface area contributed by atoms with Gasteiger partial charge in [-0.1, -0.05) is 0 Å². The Kier molecular flexibility index (Phi) is 9.18. The van der Waals surface area contributed by atoms with Gasteiger partial charge < -0.3 is 79.9 Å². The Bertz CT molecular complexity index is 651. The van der Waals surface area contributed by atoms with E-state index in [0.717, 1.165) is 0 Å². The highest BCUT2D eigenvalue weighted by Gasteiger charge is 2.59. The Morgan fingerprint density at radius 2 is 1.15 bits per heavy atom. The van der Waals surface area contributed by atoms with E-state index in [2.05, 4.69) is 0 Å². The molecule has 0 bridgehead atoms. The Morgan fingerprint density at radius 3 is 1.68 bits per heavy atom. The molecule has 0 amide bonds. The van der Waals surface area contributed by atoms with E-state index in [0.29, 0.717) is 0 Å². The first-order valence-electron chi connectivity index (χ1n) is 10.6. The van der Waals surface area contributed by atoms with Crippen molar-refractivity contribution in [3.05, 3.63) is 0 Å². The molecule has 0 saturated carbocycles. The van der Waals surface area contributed by atoms with Crippen molar-refractivity contribution in [2.75, 3.05) is 26.4 Å². The molecular weight excluding hydrogens is 472 g/mol. The van der Waals surface area contributed by atoms with Gasteiger partial charge in [0.1, 0.15) is 73.8 Å². The van der Waals surface area contributed by atoms with Crippen molar-refractivity contribution in [1.29, 1.82) is 0 Å². The van der Waals surface area contributed by atoms with Crippen molar-refractivity contribution in [1.82, 2.24) is 0 Å². The summed E-state index contributed by atoms with van der Waals surface area (Å²) in [7, 11) is 0. The highest BCUT2D eigenvalue weighted by molar-refractivity contribution is 4.99. The molecule has 0 unspecified atom stereocenters. The van der Waals surface area contributed by atoms with Gasteiger partial charge in [0.05, 0.1) is 19.8 Å². The first-order chi connectivity index (χ1) is 16.0. The summed E-state index contributed by atoms with van der Waals surface area (Å²) in [5.41, 5.74) is 0. The number of hydrogen-bond acceptors (Lipinski definition) is 16. The van der Waals surface area contributed by atoms with Crippen LogP contribution in [0, 0.1) is 0 Å². The molecule has 200 valence electrons. The van der Waals surface area contributed by atoms with Crippen molar-refractivity contribution in [2.24, 2.45) is 0 Å². The van der Waals surface area contributed by atoms with Crippen LogP contribution in [-0.2, 0) is 23.7 Å². The zero-order valence-corrected chi connectivity index (χ0v) is 17.8. The minimum atomic E-state index is -2.36. The van der Waals surface area contributed by atoms with Crippen molar-refractivity contribution < 1.29 is 79.9 Å². The molecule has 3 fully saturated rings. The van der Waals surface area contributed by atoms with Gasteiger partial charge in [-0.25, -0.2) is 0 Å². The fourth-order valence-electron chi connectivity index (χ4n) is 4.12. The third-order valence-corrected chi connectivity index (χ3v) is 6.18. The lowest BCUT2D eigenvalue weighted by atomic mass is 9.97. The number of aliphatic hydroxyl groups is 11. The average Bonchev–Trinajstić information content (AvgIpc) is 3.08. The third kappa shape index (κ3) is 4.96. The maximum Gasteiger partial charge on any atom is 0.224 e. The maximum absolute atomic E-state index is 10.6. The summed E-state index contributed by atoms with van der Waals surface area (Å²) in [6, 6.07) is 0. The Morgan fingerprint density at radius 1 is 0.588 bits per heavy atom. The molecule has 3 saturated heterocycles. The molecule has 0 spiro atoms. The normalized spacial score (nSPS) is 52.1. The van der Waals surface area contributed by atoms with Gasteiger partial charge in [0.15, 0.2) is 12.6 Å². The second-order valence-electron chi connectivity index (χ2n) is 8.37. The summed E-state index contributed by atoms with van der Waals surface area (Å²) in [5.74, 6) is -2.36. The number of hydrogen-bond donors (Lipinski definition) is 11. The molecule has 0 radical (unpaired) electrons. The predicted octanol–water partition coefficient (Wildman–Crippen LogP) is -7.57. The molecule has 3 aliphatic rings. The van der Waals surface area contributed by atoms with Gasteiger partial charge in [-0.15, -0.1) is 0 Å². The van der Waals surface area contributed by atoms with Gasteiger partial charge in [-0.05, 0) is 0 Å². The zero-order chi connectivity index (χ0) is 25.4. The lowest BCUT2D eigenvalue weighted by Gasteiger charge is -2.47. The van der Waals surface area contributed by atoms with E-state index in [1.165, 1.54) is 0 Å². The highest BCUT2D eigenvalue weighted by atomic mass is 16.8. The lowest BCUT2D eigenvalue weighted by Crippen LogP contribution is -2.66. The molecular formula is C18H32O16. The molecule has 34 heavy (non-hydrogen) atoms. The Labute approximate surface area is 192 Å². The first-order valence-corrected chi connectivity index (χ1v) is 10.6. The van der Waals surface area contributed by atoms with E-state index in [1.807, 2.05) is 0 Å². The molecule has 0 aromatic carbocycles. The first kappa shape index (κ1) is 27.9. The van der Waals surface area contributed by atoms with Crippen molar-refractivity contribution in [3.8, 4) is 0 Å². The number of aliphatic hydroxyl groups excluding tert-OH is 11. The Balaban J connectivity index is 1.74. The van der Waals surface area contributed by atoms with E-state index in [1.54, 1.807) is 0 Å². The average molecular weight is 504 g/mol. The summed E-state index contributed by atoms with van der Waals surface area (Å²) in [5, 5.41) is 109. The predicted molar refractivity (Wildman–Crippen MR) is 101 cm³/mol. The van der Waals surface area contributed by atoms with Gasteiger partial charge in [0, 0.05) is 0 Å². The monoisotopic (exact) mass is 504 g/mol. The molecule has 11 N–H and O–H groups in total. The van der Waals surface area contributed by atoms with Gasteiger partial charge >= 0.3 is 0 Å². The molecule has 16 heteroatoms. The summed E-state index contributed by atoms with van der Waals surface area (Å²) in [4.78, 5) is 0. The van der Waals surface area contributed by atoms with Gasteiger partial charge in [0.2, 0.25) is 5.79 Å². The second kappa shape index (κ2) is 11.2. The summed E-state index contributed by atoms with van der Waals surface area (Å²) >= 11 is 0. The van der Waals surface area contributed by atoms with Crippen LogP contribution in [0.15, 0.2) is 0 Å². The van der Waals surface area contributed by atoms with Crippen LogP contribution >= 0.6 is 0 Å². The molecule has 0 aromatic heterocycles. The van der Waals surface area contributed by atoms with Crippen molar-refractivity contribution in [2.45, 2.75) is 85.5 Å². The maximum atomic E-state index is 10.6.